The van der Waals surface area contributed by atoms with Gasteiger partial charge >= 0.3 is 0 Å². The third kappa shape index (κ3) is 3.69. The number of nitrogens with one attached hydrogen (secondary N) is 3. The number of amides is 1. The number of nitrogens with zero attached hydrogens (tertiary/aromatic N) is 1. The van der Waals surface area contributed by atoms with Crippen LogP contribution in [-0.2, 0) is 24.1 Å². The molecule has 1 saturated heterocycles. The summed E-state index contributed by atoms with van der Waals surface area (Å²) in [6.07, 6.45) is 6.26. The van der Waals surface area contributed by atoms with E-state index in [1.807, 2.05) is 0 Å². The van der Waals surface area contributed by atoms with E-state index in [0.717, 1.165) is 42.4 Å². The Balaban J connectivity index is 1.42. The van der Waals surface area contributed by atoms with Gasteiger partial charge in [0.05, 0.1) is 5.39 Å². The first-order valence-corrected chi connectivity index (χ1v) is 10.5. The highest BCUT2D eigenvalue weighted by Crippen LogP contribution is 2.35. The molecule has 0 bridgehead atoms. The van der Waals surface area contributed by atoms with Crippen LogP contribution in [0.15, 0.2) is 4.79 Å². The van der Waals surface area contributed by atoms with Gasteiger partial charge in [-0.15, -0.1) is 11.3 Å². The minimum atomic E-state index is -0.0485. The molecule has 2 aliphatic rings. The molecular weight excluding hydrogens is 348 g/mol. The number of carbonyl (C=O) groups is 1. The van der Waals surface area contributed by atoms with Crippen LogP contribution in [0, 0.1) is 5.92 Å². The number of aryl methyl sites for hydroxylation is 2. The Morgan fingerprint density at radius 1 is 1.38 bits per heavy atom. The van der Waals surface area contributed by atoms with Crippen molar-refractivity contribution >= 4 is 27.5 Å². The monoisotopic (exact) mass is 374 g/mol. The molecule has 1 amide bonds. The van der Waals surface area contributed by atoms with Crippen LogP contribution >= 0.6 is 11.3 Å². The topological polar surface area (TPSA) is 86.9 Å². The van der Waals surface area contributed by atoms with Gasteiger partial charge in [-0.1, -0.05) is 6.92 Å². The molecule has 1 aliphatic heterocycles. The summed E-state index contributed by atoms with van der Waals surface area (Å²) in [5.74, 6) is 1.30. The largest absolute Gasteiger partial charge is 0.355 e. The van der Waals surface area contributed by atoms with E-state index >= 15 is 0 Å². The van der Waals surface area contributed by atoms with Crippen LogP contribution in [0.2, 0.25) is 0 Å². The van der Waals surface area contributed by atoms with Gasteiger partial charge in [-0.3, -0.25) is 9.59 Å². The van der Waals surface area contributed by atoms with Gasteiger partial charge in [0.15, 0.2) is 0 Å². The Bertz CT molecular complexity index is 866. The summed E-state index contributed by atoms with van der Waals surface area (Å²) in [5.41, 5.74) is 1.15. The maximum absolute atomic E-state index is 12.6. The minimum Gasteiger partial charge on any atom is -0.355 e. The Morgan fingerprint density at radius 2 is 2.27 bits per heavy atom. The number of H-pyrrole nitrogens is 1. The molecule has 0 radical (unpaired) electrons. The quantitative estimate of drug-likeness (QED) is 0.746. The van der Waals surface area contributed by atoms with Crippen LogP contribution < -0.4 is 16.2 Å². The third-order valence-electron chi connectivity index (χ3n) is 5.51. The highest BCUT2D eigenvalue weighted by molar-refractivity contribution is 7.18. The number of fused-ring (bicyclic) bond motifs is 3. The SMILES string of the molecule is CC1CCc2c(sc3nc(CCC(=O)NCC4CCCN4)[nH]c(=O)c23)C1. The fourth-order valence-corrected chi connectivity index (χ4v) is 5.40. The standard InChI is InChI=1S/C19H26N4O2S/c1-11-4-5-13-14(9-11)26-19-17(13)18(25)22-15(23-19)6-7-16(24)21-10-12-3-2-8-20-12/h11-12,20H,2-10H2,1H3,(H,21,24)(H,22,23,25). The smallest absolute Gasteiger partial charge is 0.259 e. The first-order valence-electron chi connectivity index (χ1n) is 9.63. The lowest BCUT2D eigenvalue weighted by molar-refractivity contribution is -0.121. The van der Waals surface area contributed by atoms with E-state index < -0.39 is 0 Å². The van der Waals surface area contributed by atoms with E-state index in [1.54, 1.807) is 11.3 Å². The van der Waals surface area contributed by atoms with E-state index in [-0.39, 0.29) is 11.5 Å². The Kier molecular flexibility index (Phi) is 5.09. The second kappa shape index (κ2) is 7.48. The number of aromatic amines is 1. The van der Waals surface area contributed by atoms with Crippen LogP contribution in [0.1, 0.15) is 48.9 Å². The van der Waals surface area contributed by atoms with Crippen molar-refractivity contribution in [1.29, 1.82) is 0 Å². The Labute approximate surface area is 156 Å². The van der Waals surface area contributed by atoms with Crippen molar-refractivity contribution < 1.29 is 4.79 Å². The third-order valence-corrected chi connectivity index (χ3v) is 6.66. The maximum atomic E-state index is 12.6. The molecule has 4 rings (SSSR count). The maximum Gasteiger partial charge on any atom is 0.259 e. The van der Waals surface area contributed by atoms with Gasteiger partial charge in [0.25, 0.3) is 5.56 Å². The van der Waals surface area contributed by atoms with Crippen LogP contribution in [0.3, 0.4) is 0 Å². The van der Waals surface area contributed by atoms with Crippen molar-refractivity contribution in [3.05, 3.63) is 26.6 Å². The van der Waals surface area contributed by atoms with Crippen LogP contribution in [0.25, 0.3) is 10.2 Å². The average molecular weight is 375 g/mol. The molecule has 1 fully saturated rings. The zero-order valence-electron chi connectivity index (χ0n) is 15.2. The molecule has 26 heavy (non-hydrogen) atoms. The van der Waals surface area contributed by atoms with Crippen molar-refractivity contribution in [3.8, 4) is 0 Å². The van der Waals surface area contributed by atoms with E-state index in [0.29, 0.717) is 37.2 Å². The van der Waals surface area contributed by atoms with Crippen LogP contribution in [0.5, 0.6) is 0 Å². The molecule has 2 aromatic heterocycles. The molecule has 3 N–H and O–H groups in total. The molecule has 2 aromatic rings. The molecule has 3 heterocycles. The van der Waals surface area contributed by atoms with Gasteiger partial charge in [-0.05, 0) is 50.1 Å². The van der Waals surface area contributed by atoms with E-state index in [1.165, 1.54) is 16.9 Å². The fourth-order valence-electron chi connectivity index (χ4n) is 4.00. The molecule has 2 atom stereocenters. The number of carbonyl (C=O) groups excluding carboxylic acids is 1. The van der Waals surface area contributed by atoms with Crippen molar-refractivity contribution in [1.82, 2.24) is 20.6 Å². The Morgan fingerprint density at radius 3 is 3.08 bits per heavy atom. The van der Waals surface area contributed by atoms with E-state index in [9.17, 15) is 9.59 Å². The molecule has 0 spiro atoms. The summed E-state index contributed by atoms with van der Waals surface area (Å²) in [4.78, 5) is 34.3. The fraction of sp³-hybridized carbons (Fsp3) is 0.632. The number of aromatic nitrogens is 2. The highest BCUT2D eigenvalue weighted by atomic mass is 32.1. The van der Waals surface area contributed by atoms with Gasteiger partial charge in [-0.25, -0.2) is 4.98 Å². The molecule has 7 heteroatoms. The molecule has 0 aromatic carbocycles. The highest BCUT2D eigenvalue weighted by Gasteiger charge is 2.23. The lowest BCUT2D eigenvalue weighted by Crippen LogP contribution is -2.37. The molecular formula is C19H26N4O2S. The van der Waals surface area contributed by atoms with Crippen molar-refractivity contribution in [2.75, 3.05) is 13.1 Å². The van der Waals surface area contributed by atoms with Crippen molar-refractivity contribution in [2.45, 2.75) is 57.9 Å². The molecule has 140 valence electrons. The van der Waals surface area contributed by atoms with Crippen LogP contribution in [-0.4, -0.2) is 35.0 Å². The number of hydrogen-bond acceptors (Lipinski definition) is 5. The summed E-state index contributed by atoms with van der Waals surface area (Å²) in [5, 5.41) is 7.11. The molecule has 0 saturated carbocycles. The van der Waals surface area contributed by atoms with E-state index in [2.05, 4.69) is 27.5 Å². The second-order valence-corrected chi connectivity index (χ2v) is 8.73. The summed E-state index contributed by atoms with van der Waals surface area (Å²) < 4.78 is 0. The Hall–Kier alpha value is -1.73. The molecule has 1 aliphatic carbocycles. The first kappa shape index (κ1) is 17.7. The second-order valence-electron chi connectivity index (χ2n) is 7.64. The predicted molar refractivity (Wildman–Crippen MR) is 104 cm³/mol. The zero-order valence-corrected chi connectivity index (χ0v) is 16.0. The predicted octanol–water partition coefficient (Wildman–Crippen LogP) is 1.91. The first-order chi connectivity index (χ1) is 12.6. The lowest BCUT2D eigenvalue weighted by atomic mass is 9.89. The number of hydrogen-bond donors (Lipinski definition) is 3. The summed E-state index contributed by atoms with van der Waals surface area (Å²) in [6, 6.07) is 0.396. The van der Waals surface area contributed by atoms with Crippen molar-refractivity contribution in [3.63, 3.8) is 0 Å². The lowest BCUT2D eigenvalue weighted by Gasteiger charge is -2.17. The van der Waals surface area contributed by atoms with Gasteiger partial charge in [-0.2, -0.15) is 0 Å². The van der Waals surface area contributed by atoms with Gasteiger partial charge < -0.3 is 15.6 Å². The molecule has 2 unspecified atom stereocenters. The van der Waals surface area contributed by atoms with Crippen LogP contribution in [0.4, 0.5) is 0 Å². The van der Waals surface area contributed by atoms with Crippen molar-refractivity contribution in [2.24, 2.45) is 5.92 Å². The van der Waals surface area contributed by atoms with E-state index in [4.69, 9.17) is 0 Å². The van der Waals surface area contributed by atoms with Gasteiger partial charge in [0, 0.05) is 30.3 Å². The summed E-state index contributed by atoms with van der Waals surface area (Å²) >= 11 is 1.65. The zero-order chi connectivity index (χ0) is 18.1. The van der Waals surface area contributed by atoms with Gasteiger partial charge in [0.2, 0.25) is 5.91 Å². The van der Waals surface area contributed by atoms with Gasteiger partial charge in [0.1, 0.15) is 10.7 Å². The normalized spacial score (nSPS) is 22.5. The summed E-state index contributed by atoms with van der Waals surface area (Å²) in [7, 11) is 0. The average Bonchev–Trinajstić information content (AvgIpc) is 3.24. The minimum absolute atomic E-state index is 0.0146. The number of thiophene rings is 1. The number of rotatable bonds is 5. The molecule has 6 nitrogen and oxygen atoms in total. The summed E-state index contributed by atoms with van der Waals surface area (Å²) in [6.45, 7) is 3.98.